The molecule has 1 N–H and O–H groups in total. The Morgan fingerprint density at radius 1 is 1.24 bits per heavy atom. The van der Waals surface area contributed by atoms with Crippen molar-refractivity contribution < 1.29 is 14.5 Å². The number of ether oxygens (including phenoxy) is 1. The molecule has 130 valence electrons. The molecule has 1 atom stereocenters. The van der Waals surface area contributed by atoms with Crippen molar-refractivity contribution in [3.63, 3.8) is 0 Å². The molecule has 0 radical (unpaired) electrons. The van der Waals surface area contributed by atoms with E-state index in [1.807, 2.05) is 31.2 Å². The van der Waals surface area contributed by atoms with Crippen LogP contribution in [0.15, 0.2) is 48.5 Å². The molecule has 6 nitrogen and oxygen atoms in total. The van der Waals surface area contributed by atoms with Crippen LogP contribution in [0.5, 0.6) is 5.75 Å². The molecule has 1 aliphatic rings. The van der Waals surface area contributed by atoms with Crippen molar-refractivity contribution in [3.8, 4) is 5.75 Å². The van der Waals surface area contributed by atoms with Crippen LogP contribution < -0.4 is 10.1 Å². The average Bonchev–Trinajstić information content (AvgIpc) is 3.44. The largest absolute Gasteiger partial charge is 0.477 e. The zero-order valence-electron chi connectivity index (χ0n) is 14.0. The molecule has 0 aromatic heterocycles. The highest BCUT2D eigenvalue weighted by molar-refractivity contribution is 5.78. The summed E-state index contributed by atoms with van der Waals surface area (Å²) in [5.41, 5.74) is 2.10. The molecule has 0 spiro atoms. The van der Waals surface area contributed by atoms with Crippen molar-refractivity contribution in [1.82, 2.24) is 5.32 Å². The number of nitrogens with one attached hydrogen (secondary N) is 1. The van der Waals surface area contributed by atoms with Crippen molar-refractivity contribution >= 4 is 11.6 Å². The van der Waals surface area contributed by atoms with Crippen LogP contribution >= 0.6 is 0 Å². The van der Waals surface area contributed by atoms with E-state index in [4.69, 9.17) is 4.74 Å². The molecule has 0 aliphatic heterocycles. The maximum Gasteiger partial charge on any atom is 0.310 e. The molecule has 25 heavy (non-hydrogen) atoms. The molecular formula is C19H20N2O4. The molecule has 0 bridgehead atoms. The maximum absolute atomic E-state index is 12.3. The fourth-order valence-electron chi connectivity index (χ4n) is 2.77. The van der Waals surface area contributed by atoms with Crippen LogP contribution in [0.3, 0.4) is 0 Å². The lowest BCUT2D eigenvalue weighted by molar-refractivity contribution is -0.385. The predicted molar refractivity (Wildman–Crippen MR) is 93.4 cm³/mol. The van der Waals surface area contributed by atoms with Gasteiger partial charge in [0, 0.05) is 6.07 Å². The van der Waals surface area contributed by atoms with Gasteiger partial charge in [-0.15, -0.1) is 0 Å². The summed E-state index contributed by atoms with van der Waals surface area (Å²) in [6, 6.07) is 14.1. The van der Waals surface area contributed by atoms with Gasteiger partial charge in [0.15, 0.2) is 12.4 Å². The maximum atomic E-state index is 12.3. The Balaban J connectivity index is 1.63. The number of nitro groups is 1. The minimum Gasteiger partial charge on any atom is -0.477 e. The summed E-state index contributed by atoms with van der Waals surface area (Å²) in [4.78, 5) is 22.7. The second kappa shape index (κ2) is 7.34. The van der Waals surface area contributed by atoms with E-state index in [0.717, 1.165) is 18.4 Å². The lowest BCUT2D eigenvalue weighted by atomic mass is 10.0. The monoisotopic (exact) mass is 340 g/mol. The van der Waals surface area contributed by atoms with Crippen molar-refractivity contribution in [2.45, 2.75) is 25.8 Å². The zero-order valence-corrected chi connectivity index (χ0v) is 14.0. The van der Waals surface area contributed by atoms with E-state index < -0.39 is 4.92 Å². The summed E-state index contributed by atoms with van der Waals surface area (Å²) in [6.07, 6.45) is 2.17. The summed E-state index contributed by atoms with van der Waals surface area (Å²) in [5, 5.41) is 14.0. The van der Waals surface area contributed by atoms with Gasteiger partial charge in [0.1, 0.15) is 0 Å². The van der Waals surface area contributed by atoms with Crippen LogP contribution in [0.1, 0.15) is 30.0 Å². The predicted octanol–water partition coefficient (Wildman–Crippen LogP) is 3.55. The number of nitro benzene ring substituents is 1. The lowest BCUT2D eigenvalue weighted by Gasteiger charge is -2.19. The minimum absolute atomic E-state index is 0.0394. The highest BCUT2D eigenvalue weighted by Crippen LogP contribution is 2.41. The molecular weight excluding hydrogens is 320 g/mol. The Morgan fingerprint density at radius 3 is 2.56 bits per heavy atom. The van der Waals surface area contributed by atoms with Gasteiger partial charge in [0.2, 0.25) is 0 Å². The standard InChI is InChI=1S/C19H20N2O4/c1-13-6-8-14(9-7-13)19(15-10-11-15)20-18(22)12-25-17-5-3-2-4-16(17)21(23)24/h2-9,15,19H,10-12H2,1H3,(H,20,22). The second-order valence-electron chi connectivity index (χ2n) is 6.31. The summed E-state index contributed by atoms with van der Waals surface area (Å²) >= 11 is 0. The molecule has 1 amide bonds. The molecule has 1 unspecified atom stereocenters. The fraction of sp³-hybridized carbons (Fsp3) is 0.316. The molecule has 1 fully saturated rings. The summed E-state index contributed by atoms with van der Waals surface area (Å²) in [6.45, 7) is 1.77. The average molecular weight is 340 g/mol. The fourth-order valence-corrected chi connectivity index (χ4v) is 2.77. The van der Waals surface area contributed by atoms with E-state index in [1.165, 1.54) is 17.7 Å². The molecule has 3 rings (SSSR count). The number of carbonyl (C=O) groups excluding carboxylic acids is 1. The van der Waals surface area contributed by atoms with Gasteiger partial charge in [-0.25, -0.2) is 0 Å². The Bertz CT molecular complexity index is 769. The second-order valence-corrected chi connectivity index (χ2v) is 6.31. The van der Waals surface area contributed by atoms with Gasteiger partial charge in [-0.2, -0.15) is 0 Å². The number of rotatable bonds is 7. The van der Waals surface area contributed by atoms with Crippen molar-refractivity contribution in [3.05, 3.63) is 69.8 Å². The number of aryl methyl sites for hydroxylation is 1. The smallest absolute Gasteiger partial charge is 0.310 e. The number of carbonyl (C=O) groups is 1. The van der Waals surface area contributed by atoms with Crippen molar-refractivity contribution in [1.29, 1.82) is 0 Å². The number of hydrogen-bond donors (Lipinski definition) is 1. The molecule has 2 aromatic rings. The van der Waals surface area contributed by atoms with E-state index in [-0.39, 0.29) is 30.0 Å². The molecule has 1 aliphatic carbocycles. The molecule has 0 saturated heterocycles. The third-order valence-electron chi connectivity index (χ3n) is 4.27. The zero-order chi connectivity index (χ0) is 17.8. The number of amides is 1. The van der Waals surface area contributed by atoms with E-state index in [0.29, 0.717) is 5.92 Å². The van der Waals surface area contributed by atoms with Crippen LogP contribution in [0.2, 0.25) is 0 Å². The number of nitrogens with zero attached hydrogens (tertiary/aromatic N) is 1. The summed E-state index contributed by atoms with van der Waals surface area (Å²) in [7, 11) is 0. The first-order chi connectivity index (χ1) is 12.0. The van der Waals surface area contributed by atoms with Crippen molar-refractivity contribution in [2.24, 2.45) is 5.92 Å². The van der Waals surface area contributed by atoms with Gasteiger partial charge in [-0.3, -0.25) is 14.9 Å². The molecule has 2 aromatic carbocycles. The molecule has 6 heteroatoms. The van der Waals surface area contributed by atoms with E-state index in [9.17, 15) is 14.9 Å². The van der Waals surface area contributed by atoms with Gasteiger partial charge in [-0.05, 0) is 37.3 Å². The van der Waals surface area contributed by atoms with Gasteiger partial charge in [0.05, 0.1) is 11.0 Å². The van der Waals surface area contributed by atoms with E-state index in [1.54, 1.807) is 12.1 Å². The van der Waals surface area contributed by atoms with E-state index >= 15 is 0 Å². The van der Waals surface area contributed by atoms with Gasteiger partial charge in [0.25, 0.3) is 5.91 Å². The summed E-state index contributed by atoms with van der Waals surface area (Å²) < 4.78 is 5.36. The normalized spacial score (nSPS) is 14.6. The van der Waals surface area contributed by atoms with Gasteiger partial charge < -0.3 is 10.1 Å². The van der Waals surface area contributed by atoms with Gasteiger partial charge >= 0.3 is 5.69 Å². The topological polar surface area (TPSA) is 81.5 Å². The van der Waals surface area contributed by atoms with Crippen LogP contribution in [0, 0.1) is 23.0 Å². The van der Waals surface area contributed by atoms with E-state index in [2.05, 4.69) is 5.32 Å². The lowest BCUT2D eigenvalue weighted by Crippen LogP contribution is -2.33. The van der Waals surface area contributed by atoms with Gasteiger partial charge in [-0.1, -0.05) is 42.0 Å². The van der Waals surface area contributed by atoms with Crippen LogP contribution in [-0.2, 0) is 4.79 Å². The number of benzene rings is 2. The van der Waals surface area contributed by atoms with Crippen molar-refractivity contribution in [2.75, 3.05) is 6.61 Å². The Labute approximate surface area is 146 Å². The number of para-hydroxylation sites is 2. The Hall–Kier alpha value is -2.89. The third-order valence-corrected chi connectivity index (χ3v) is 4.27. The third kappa shape index (κ3) is 4.35. The Kier molecular flexibility index (Phi) is 4.97. The quantitative estimate of drug-likeness (QED) is 0.617. The highest BCUT2D eigenvalue weighted by atomic mass is 16.6. The van der Waals surface area contributed by atoms with Crippen LogP contribution in [0.25, 0.3) is 0 Å². The number of hydrogen-bond acceptors (Lipinski definition) is 4. The summed E-state index contributed by atoms with van der Waals surface area (Å²) in [5.74, 6) is 0.259. The molecule has 0 heterocycles. The van der Waals surface area contributed by atoms with Crippen LogP contribution in [0.4, 0.5) is 5.69 Å². The first kappa shape index (κ1) is 17.0. The van der Waals surface area contributed by atoms with Crippen LogP contribution in [-0.4, -0.2) is 17.4 Å². The highest BCUT2D eigenvalue weighted by Gasteiger charge is 2.33. The minimum atomic E-state index is -0.521. The SMILES string of the molecule is Cc1ccc(C(NC(=O)COc2ccccc2[N+](=O)[O-])C2CC2)cc1. The molecule has 1 saturated carbocycles. The first-order valence-corrected chi connectivity index (χ1v) is 8.27. The Morgan fingerprint density at radius 2 is 1.92 bits per heavy atom. The first-order valence-electron chi connectivity index (χ1n) is 8.27.